The van der Waals surface area contributed by atoms with Gasteiger partial charge in [0, 0.05) is 23.7 Å². The molecular formula is C17H20ClN3OS. The number of hydrogen-bond acceptors (Lipinski definition) is 4. The topological polar surface area (TPSA) is 54.0 Å². The van der Waals surface area contributed by atoms with Gasteiger partial charge >= 0.3 is 0 Å². The fourth-order valence-electron chi connectivity index (χ4n) is 3.82. The number of nitrogens with zero attached hydrogens (tertiary/aromatic N) is 1. The largest absolute Gasteiger partial charge is 0.384 e. The molecule has 2 aliphatic rings. The number of carbonyl (C=O) groups excluding carboxylic acids is 1. The molecule has 4 unspecified atom stereocenters. The van der Waals surface area contributed by atoms with Crippen LogP contribution >= 0.6 is 22.9 Å². The molecule has 0 radical (unpaired) electrons. The molecule has 4 nitrogen and oxygen atoms in total. The average molecular weight is 350 g/mol. The molecule has 1 aliphatic heterocycles. The third-order valence-electron chi connectivity index (χ3n) is 5.09. The van der Waals surface area contributed by atoms with Crippen LogP contribution in [-0.4, -0.2) is 28.9 Å². The van der Waals surface area contributed by atoms with Crippen molar-refractivity contribution in [2.45, 2.75) is 37.1 Å². The van der Waals surface area contributed by atoms with E-state index in [4.69, 9.17) is 11.6 Å². The molecule has 1 saturated carbocycles. The standard InChI is InChI=1S/C17H20ClN3OS/c18-12-1-3-14-10(6-12)5-11(17(22)21-14)8-19-13-2-4-16-15(7-13)20-9-23-16/h2,4,7,9-12,14,19H,1,3,5-6,8H2,(H,21,22). The number of alkyl halides is 1. The van der Waals surface area contributed by atoms with Crippen molar-refractivity contribution in [3.63, 3.8) is 0 Å². The maximum atomic E-state index is 12.3. The number of hydrogen-bond donors (Lipinski definition) is 2. The first-order valence-electron chi connectivity index (χ1n) is 8.20. The Morgan fingerprint density at radius 1 is 1.35 bits per heavy atom. The van der Waals surface area contributed by atoms with Gasteiger partial charge in [0.1, 0.15) is 0 Å². The first kappa shape index (κ1) is 15.2. The number of aromatic nitrogens is 1. The highest BCUT2D eigenvalue weighted by Gasteiger charge is 2.38. The zero-order valence-electron chi connectivity index (χ0n) is 12.8. The van der Waals surface area contributed by atoms with Crippen LogP contribution in [0.25, 0.3) is 10.2 Å². The molecule has 2 aromatic rings. The molecule has 4 rings (SSSR count). The van der Waals surface area contributed by atoms with Gasteiger partial charge in [-0.05, 0) is 49.8 Å². The van der Waals surface area contributed by atoms with E-state index in [2.05, 4.69) is 27.8 Å². The highest BCUT2D eigenvalue weighted by atomic mass is 35.5. The van der Waals surface area contributed by atoms with Gasteiger partial charge in [-0.3, -0.25) is 4.79 Å². The molecule has 1 aromatic heterocycles. The summed E-state index contributed by atoms with van der Waals surface area (Å²) in [4.78, 5) is 16.7. The van der Waals surface area contributed by atoms with Crippen LogP contribution in [0.3, 0.4) is 0 Å². The summed E-state index contributed by atoms with van der Waals surface area (Å²) < 4.78 is 1.18. The predicted octanol–water partition coefficient (Wildman–Crippen LogP) is 3.62. The zero-order chi connectivity index (χ0) is 15.8. The lowest BCUT2D eigenvalue weighted by Crippen LogP contribution is -2.53. The van der Waals surface area contributed by atoms with E-state index in [1.807, 2.05) is 11.6 Å². The van der Waals surface area contributed by atoms with Gasteiger partial charge < -0.3 is 10.6 Å². The Hall–Kier alpha value is -1.33. The van der Waals surface area contributed by atoms with Crippen molar-refractivity contribution < 1.29 is 4.79 Å². The van der Waals surface area contributed by atoms with Crippen LogP contribution in [0.1, 0.15) is 25.7 Å². The van der Waals surface area contributed by atoms with Gasteiger partial charge in [-0.2, -0.15) is 0 Å². The van der Waals surface area contributed by atoms with E-state index in [1.54, 1.807) is 11.3 Å². The van der Waals surface area contributed by atoms with Crippen LogP contribution in [0.15, 0.2) is 23.7 Å². The Balaban J connectivity index is 1.40. The minimum Gasteiger partial charge on any atom is -0.384 e. The number of nitrogens with one attached hydrogen (secondary N) is 2. The Kier molecular flexibility index (Phi) is 4.16. The highest BCUT2D eigenvalue weighted by molar-refractivity contribution is 7.16. The van der Waals surface area contributed by atoms with E-state index >= 15 is 0 Å². The average Bonchev–Trinajstić information content (AvgIpc) is 3.01. The SMILES string of the molecule is O=C1NC2CCC(Cl)CC2CC1CNc1ccc2scnc2c1. The number of benzene rings is 1. The van der Waals surface area contributed by atoms with Crippen molar-refractivity contribution in [2.75, 3.05) is 11.9 Å². The van der Waals surface area contributed by atoms with Crippen LogP contribution in [0.2, 0.25) is 0 Å². The van der Waals surface area contributed by atoms with Gasteiger partial charge in [0.15, 0.2) is 0 Å². The van der Waals surface area contributed by atoms with Crippen LogP contribution in [0, 0.1) is 11.8 Å². The molecule has 1 saturated heterocycles. The maximum absolute atomic E-state index is 12.3. The number of piperidine rings is 1. The van der Waals surface area contributed by atoms with Gasteiger partial charge in [-0.25, -0.2) is 4.98 Å². The highest BCUT2D eigenvalue weighted by Crippen LogP contribution is 2.35. The van der Waals surface area contributed by atoms with E-state index in [1.165, 1.54) is 4.70 Å². The van der Waals surface area contributed by atoms with Crippen molar-refractivity contribution >= 4 is 44.7 Å². The number of amides is 1. The van der Waals surface area contributed by atoms with Gasteiger partial charge in [-0.1, -0.05) is 0 Å². The second-order valence-electron chi connectivity index (χ2n) is 6.63. The van der Waals surface area contributed by atoms with Crippen molar-refractivity contribution in [3.05, 3.63) is 23.7 Å². The molecule has 2 fully saturated rings. The van der Waals surface area contributed by atoms with E-state index in [-0.39, 0.29) is 17.2 Å². The summed E-state index contributed by atoms with van der Waals surface area (Å²) in [7, 11) is 0. The van der Waals surface area contributed by atoms with Crippen LogP contribution in [0.4, 0.5) is 5.69 Å². The van der Waals surface area contributed by atoms with Crippen LogP contribution in [-0.2, 0) is 4.79 Å². The van der Waals surface area contributed by atoms with E-state index < -0.39 is 0 Å². The quantitative estimate of drug-likeness (QED) is 0.832. The van der Waals surface area contributed by atoms with Crippen LogP contribution in [0.5, 0.6) is 0 Å². The molecule has 1 aromatic carbocycles. The number of carbonyl (C=O) groups is 1. The lowest BCUT2D eigenvalue weighted by atomic mass is 9.75. The van der Waals surface area contributed by atoms with E-state index in [0.717, 1.165) is 36.9 Å². The number of fused-ring (bicyclic) bond motifs is 2. The lowest BCUT2D eigenvalue weighted by Gasteiger charge is -2.41. The summed E-state index contributed by atoms with van der Waals surface area (Å²) in [6.45, 7) is 0.664. The molecule has 0 bridgehead atoms. The smallest absolute Gasteiger partial charge is 0.225 e. The Morgan fingerprint density at radius 2 is 2.26 bits per heavy atom. The molecule has 1 aliphatic carbocycles. The molecule has 2 N–H and O–H groups in total. The molecule has 23 heavy (non-hydrogen) atoms. The summed E-state index contributed by atoms with van der Waals surface area (Å²) in [5.41, 5.74) is 3.89. The predicted molar refractivity (Wildman–Crippen MR) is 95.1 cm³/mol. The Morgan fingerprint density at radius 3 is 3.17 bits per heavy atom. The van der Waals surface area contributed by atoms with Crippen LogP contribution < -0.4 is 10.6 Å². The number of halogens is 1. The summed E-state index contributed by atoms with van der Waals surface area (Å²) in [6, 6.07) is 6.51. The summed E-state index contributed by atoms with van der Waals surface area (Å²) in [6.07, 6.45) is 3.99. The third-order valence-corrected chi connectivity index (χ3v) is 6.29. The molecule has 1 amide bonds. The maximum Gasteiger partial charge on any atom is 0.225 e. The van der Waals surface area contributed by atoms with Gasteiger partial charge in [-0.15, -0.1) is 22.9 Å². The number of thiazole rings is 1. The molecule has 0 spiro atoms. The Labute approximate surface area is 144 Å². The first-order valence-corrected chi connectivity index (χ1v) is 9.52. The van der Waals surface area contributed by atoms with Crippen molar-refractivity contribution in [3.8, 4) is 0 Å². The summed E-state index contributed by atoms with van der Waals surface area (Å²) in [5.74, 6) is 0.725. The van der Waals surface area contributed by atoms with Gasteiger partial charge in [0.2, 0.25) is 5.91 Å². The molecule has 2 heterocycles. The summed E-state index contributed by atoms with van der Waals surface area (Å²) >= 11 is 7.94. The zero-order valence-corrected chi connectivity index (χ0v) is 14.4. The van der Waals surface area contributed by atoms with Crippen molar-refractivity contribution in [1.82, 2.24) is 10.3 Å². The molecule has 4 atom stereocenters. The van der Waals surface area contributed by atoms with E-state index in [0.29, 0.717) is 18.5 Å². The van der Waals surface area contributed by atoms with Crippen molar-refractivity contribution in [1.29, 1.82) is 0 Å². The monoisotopic (exact) mass is 349 g/mol. The summed E-state index contributed by atoms with van der Waals surface area (Å²) in [5, 5.41) is 6.88. The number of rotatable bonds is 3. The molecule has 6 heteroatoms. The fourth-order valence-corrected chi connectivity index (χ4v) is 4.83. The van der Waals surface area contributed by atoms with Gasteiger partial charge in [0.05, 0.1) is 21.6 Å². The molecule has 122 valence electrons. The van der Waals surface area contributed by atoms with Gasteiger partial charge in [0.25, 0.3) is 0 Å². The van der Waals surface area contributed by atoms with Crippen molar-refractivity contribution in [2.24, 2.45) is 11.8 Å². The normalized spacial score (nSPS) is 30.7. The minimum atomic E-state index is 0.0179. The molecular weight excluding hydrogens is 330 g/mol. The second kappa shape index (κ2) is 6.29. The fraction of sp³-hybridized carbons (Fsp3) is 0.529. The second-order valence-corrected chi connectivity index (χ2v) is 8.14. The Bertz CT molecular complexity index is 719. The minimum absolute atomic E-state index is 0.0179. The third kappa shape index (κ3) is 3.17. The lowest BCUT2D eigenvalue weighted by molar-refractivity contribution is -0.129. The van der Waals surface area contributed by atoms with E-state index in [9.17, 15) is 4.79 Å². The number of anilines is 1. The first-order chi connectivity index (χ1) is 11.2.